The highest BCUT2D eigenvalue weighted by molar-refractivity contribution is 6.30. The number of nitrogens with zero attached hydrogens (tertiary/aromatic N) is 3. The fourth-order valence-corrected chi connectivity index (χ4v) is 1.19. The standard InChI is InChI=1S/C8H10ClN3/c1-2-8(3-4-10)12-6-7(9)5-11-12/h5-6,8H,2-3H2,1H3. The number of nitriles is 1. The van der Waals surface area contributed by atoms with Crippen LogP contribution >= 0.6 is 11.6 Å². The summed E-state index contributed by atoms with van der Waals surface area (Å²) < 4.78 is 1.74. The van der Waals surface area contributed by atoms with Crippen molar-refractivity contribution in [2.24, 2.45) is 0 Å². The molecule has 0 aromatic carbocycles. The Hall–Kier alpha value is -1.01. The molecule has 0 saturated carbocycles. The van der Waals surface area contributed by atoms with Gasteiger partial charge < -0.3 is 0 Å². The molecule has 64 valence electrons. The summed E-state index contributed by atoms with van der Waals surface area (Å²) >= 11 is 5.70. The molecule has 1 rings (SSSR count). The minimum Gasteiger partial charge on any atom is -0.267 e. The maximum Gasteiger partial charge on any atom is 0.0785 e. The molecule has 0 N–H and O–H groups in total. The Morgan fingerprint density at radius 1 is 1.83 bits per heavy atom. The molecule has 1 heterocycles. The van der Waals surface area contributed by atoms with Gasteiger partial charge in [-0.15, -0.1) is 0 Å². The minimum atomic E-state index is 0.155. The van der Waals surface area contributed by atoms with Crippen molar-refractivity contribution >= 4 is 11.6 Å². The predicted molar refractivity (Wildman–Crippen MR) is 46.8 cm³/mol. The average Bonchev–Trinajstić information content (AvgIpc) is 2.47. The average molecular weight is 184 g/mol. The highest BCUT2D eigenvalue weighted by Crippen LogP contribution is 2.16. The van der Waals surface area contributed by atoms with Crippen LogP contribution in [0.2, 0.25) is 5.02 Å². The van der Waals surface area contributed by atoms with Crippen molar-refractivity contribution < 1.29 is 0 Å². The molecule has 1 aromatic rings. The van der Waals surface area contributed by atoms with Crippen LogP contribution in [0.15, 0.2) is 12.4 Å². The van der Waals surface area contributed by atoms with Crippen LogP contribution in [0.3, 0.4) is 0 Å². The lowest BCUT2D eigenvalue weighted by Crippen LogP contribution is -2.07. The molecule has 4 heteroatoms. The zero-order valence-corrected chi connectivity index (χ0v) is 7.62. The minimum absolute atomic E-state index is 0.155. The molecule has 0 aliphatic heterocycles. The topological polar surface area (TPSA) is 41.6 Å². The number of hydrogen-bond acceptors (Lipinski definition) is 2. The number of hydrogen-bond donors (Lipinski definition) is 0. The molecular weight excluding hydrogens is 174 g/mol. The zero-order valence-electron chi connectivity index (χ0n) is 6.87. The number of halogens is 1. The van der Waals surface area contributed by atoms with Gasteiger partial charge in [-0.05, 0) is 6.42 Å². The van der Waals surface area contributed by atoms with E-state index in [2.05, 4.69) is 11.2 Å². The third-order valence-corrected chi connectivity index (χ3v) is 1.94. The van der Waals surface area contributed by atoms with E-state index in [1.165, 1.54) is 0 Å². The molecule has 12 heavy (non-hydrogen) atoms. The Labute approximate surface area is 76.6 Å². The molecule has 0 radical (unpaired) electrons. The molecule has 1 unspecified atom stereocenters. The van der Waals surface area contributed by atoms with Gasteiger partial charge in [0.25, 0.3) is 0 Å². The van der Waals surface area contributed by atoms with Gasteiger partial charge in [-0.2, -0.15) is 10.4 Å². The molecule has 1 atom stereocenters. The van der Waals surface area contributed by atoms with E-state index < -0.39 is 0 Å². The molecular formula is C8H10ClN3. The van der Waals surface area contributed by atoms with E-state index in [1.807, 2.05) is 6.92 Å². The maximum absolute atomic E-state index is 8.51. The quantitative estimate of drug-likeness (QED) is 0.722. The first-order valence-electron chi connectivity index (χ1n) is 3.84. The summed E-state index contributed by atoms with van der Waals surface area (Å²) in [5.74, 6) is 0. The van der Waals surface area contributed by atoms with Crippen LogP contribution in [-0.2, 0) is 0 Å². The van der Waals surface area contributed by atoms with Crippen LogP contribution in [0.5, 0.6) is 0 Å². The molecule has 0 fully saturated rings. The van der Waals surface area contributed by atoms with E-state index in [4.69, 9.17) is 16.9 Å². The van der Waals surface area contributed by atoms with Gasteiger partial charge in [0.15, 0.2) is 0 Å². The van der Waals surface area contributed by atoms with Crippen LogP contribution in [-0.4, -0.2) is 9.78 Å². The van der Waals surface area contributed by atoms with Crippen molar-refractivity contribution in [1.82, 2.24) is 9.78 Å². The number of aromatic nitrogens is 2. The van der Waals surface area contributed by atoms with Gasteiger partial charge in [-0.25, -0.2) is 0 Å². The second-order valence-corrected chi connectivity index (χ2v) is 3.00. The SMILES string of the molecule is CCC(CC#N)n1cc(Cl)cn1. The molecule has 0 aliphatic rings. The lowest BCUT2D eigenvalue weighted by molar-refractivity contribution is 0.448. The molecule has 3 nitrogen and oxygen atoms in total. The van der Waals surface area contributed by atoms with Gasteiger partial charge in [0, 0.05) is 6.20 Å². The second kappa shape index (κ2) is 4.13. The fraction of sp³-hybridized carbons (Fsp3) is 0.500. The van der Waals surface area contributed by atoms with Crippen LogP contribution in [0.25, 0.3) is 0 Å². The van der Waals surface area contributed by atoms with Crippen molar-refractivity contribution in [3.63, 3.8) is 0 Å². The molecule has 0 aliphatic carbocycles. The first-order chi connectivity index (χ1) is 5.77. The molecule has 0 saturated heterocycles. The van der Waals surface area contributed by atoms with Gasteiger partial charge in [0.05, 0.1) is 29.8 Å². The zero-order chi connectivity index (χ0) is 8.97. The summed E-state index contributed by atoms with van der Waals surface area (Å²) in [6.45, 7) is 2.03. The van der Waals surface area contributed by atoms with Crippen LogP contribution in [0, 0.1) is 11.3 Å². The van der Waals surface area contributed by atoms with E-state index in [0.29, 0.717) is 11.4 Å². The highest BCUT2D eigenvalue weighted by Gasteiger charge is 2.08. The summed E-state index contributed by atoms with van der Waals surface area (Å²) in [5.41, 5.74) is 0. The van der Waals surface area contributed by atoms with E-state index in [-0.39, 0.29) is 6.04 Å². The Morgan fingerprint density at radius 2 is 2.58 bits per heavy atom. The third-order valence-electron chi connectivity index (χ3n) is 1.74. The van der Waals surface area contributed by atoms with Crippen LogP contribution < -0.4 is 0 Å². The summed E-state index contributed by atoms with van der Waals surface area (Å²) in [7, 11) is 0. The van der Waals surface area contributed by atoms with E-state index >= 15 is 0 Å². The molecule has 1 aromatic heterocycles. The van der Waals surface area contributed by atoms with E-state index in [1.54, 1.807) is 17.1 Å². The fourth-order valence-electron chi connectivity index (χ4n) is 1.04. The second-order valence-electron chi connectivity index (χ2n) is 2.56. The van der Waals surface area contributed by atoms with Gasteiger partial charge in [0.2, 0.25) is 0 Å². The normalized spacial score (nSPS) is 12.4. The Balaban J connectivity index is 2.74. The monoisotopic (exact) mass is 183 g/mol. The van der Waals surface area contributed by atoms with Crippen molar-refractivity contribution in [1.29, 1.82) is 5.26 Å². The maximum atomic E-state index is 8.51. The summed E-state index contributed by atoms with van der Waals surface area (Å²) in [6.07, 6.45) is 4.70. The number of rotatable bonds is 3. The highest BCUT2D eigenvalue weighted by atomic mass is 35.5. The molecule has 0 spiro atoms. The van der Waals surface area contributed by atoms with Gasteiger partial charge in [-0.1, -0.05) is 18.5 Å². The lowest BCUT2D eigenvalue weighted by atomic mass is 10.2. The Morgan fingerprint density at radius 3 is 3.00 bits per heavy atom. The van der Waals surface area contributed by atoms with Crippen LogP contribution in [0.1, 0.15) is 25.8 Å². The van der Waals surface area contributed by atoms with Gasteiger partial charge in [0.1, 0.15) is 0 Å². The predicted octanol–water partition coefficient (Wildman–Crippen LogP) is 2.40. The van der Waals surface area contributed by atoms with Crippen molar-refractivity contribution in [2.45, 2.75) is 25.8 Å². The van der Waals surface area contributed by atoms with E-state index in [9.17, 15) is 0 Å². The molecule has 0 bridgehead atoms. The van der Waals surface area contributed by atoms with Crippen molar-refractivity contribution in [3.8, 4) is 6.07 Å². The first-order valence-corrected chi connectivity index (χ1v) is 4.22. The summed E-state index contributed by atoms with van der Waals surface area (Å²) in [4.78, 5) is 0. The van der Waals surface area contributed by atoms with E-state index in [0.717, 1.165) is 6.42 Å². The van der Waals surface area contributed by atoms with Crippen molar-refractivity contribution in [3.05, 3.63) is 17.4 Å². The largest absolute Gasteiger partial charge is 0.267 e. The lowest BCUT2D eigenvalue weighted by Gasteiger charge is -2.10. The first kappa shape index (κ1) is 9.08. The van der Waals surface area contributed by atoms with Crippen LogP contribution in [0.4, 0.5) is 0 Å². The van der Waals surface area contributed by atoms with Gasteiger partial charge in [-0.3, -0.25) is 4.68 Å². The summed E-state index contributed by atoms with van der Waals surface area (Å²) in [5, 5.41) is 13.2. The smallest absolute Gasteiger partial charge is 0.0785 e. The Kier molecular flexibility index (Phi) is 3.12. The van der Waals surface area contributed by atoms with Crippen molar-refractivity contribution in [2.75, 3.05) is 0 Å². The Bertz CT molecular complexity index is 287. The third kappa shape index (κ3) is 1.99. The summed E-state index contributed by atoms with van der Waals surface area (Å²) in [6, 6.07) is 2.28. The molecule has 0 amide bonds. The van der Waals surface area contributed by atoms with Gasteiger partial charge >= 0.3 is 0 Å².